The molecule has 1 aromatic rings. The molecule has 1 saturated carbocycles. The lowest BCUT2D eigenvalue weighted by Gasteiger charge is -2.31. The SMILES string of the molecule is CCOCCNC(=NC)NCC1(c2c(F)cccc2F)CCCC1.I. The van der Waals surface area contributed by atoms with Crippen LogP contribution in [0.3, 0.4) is 0 Å². The highest BCUT2D eigenvalue weighted by molar-refractivity contribution is 14.0. The summed E-state index contributed by atoms with van der Waals surface area (Å²) < 4.78 is 33.9. The Kier molecular flexibility index (Phi) is 9.63. The van der Waals surface area contributed by atoms with E-state index >= 15 is 0 Å². The normalized spacial score (nSPS) is 16.4. The van der Waals surface area contributed by atoms with Crippen LogP contribution in [0.15, 0.2) is 23.2 Å². The van der Waals surface area contributed by atoms with Gasteiger partial charge in [-0.2, -0.15) is 0 Å². The van der Waals surface area contributed by atoms with Gasteiger partial charge < -0.3 is 15.4 Å². The molecule has 1 aliphatic rings. The third kappa shape index (κ3) is 5.77. The predicted octanol–water partition coefficient (Wildman–Crippen LogP) is 3.60. The minimum Gasteiger partial charge on any atom is -0.380 e. The number of benzene rings is 1. The highest BCUT2D eigenvalue weighted by Crippen LogP contribution is 2.42. The van der Waals surface area contributed by atoms with Crippen molar-refractivity contribution < 1.29 is 13.5 Å². The molecular weight excluding hydrogens is 439 g/mol. The van der Waals surface area contributed by atoms with Crippen LogP contribution in [0.25, 0.3) is 0 Å². The van der Waals surface area contributed by atoms with Crippen molar-refractivity contribution in [3.63, 3.8) is 0 Å². The summed E-state index contributed by atoms with van der Waals surface area (Å²) in [7, 11) is 1.68. The zero-order valence-corrected chi connectivity index (χ0v) is 17.2. The molecule has 0 aliphatic heterocycles. The standard InChI is InChI=1S/C18H27F2N3O.HI/c1-3-24-12-11-22-17(21-2)23-13-18(9-4-5-10-18)16-14(19)7-6-8-15(16)20;/h6-8H,3-5,9-13H2,1-2H3,(H2,21,22,23);1H. The zero-order valence-electron chi connectivity index (χ0n) is 14.9. The summed E-state index contributed by atoms with van der Waals surface area (Å²) in [4.78, 5) is 4.17. The Morgan fingerprint density at radius 3 is 2.40 bits per heavy atom. The van der Waals surface area contributed by atoms with Crippen molar-refractivity contribution in [1.82, 2.24) is 10.6 Å². The topological polar surface area (TPSA) is 45.6 Å². The second-order valence-corrected chi connectivity index (χ2v) is 6.13. The average Bonchev–Trinajstić information content (AvgIpc) is 3.04. The van der Waals surface area contributed by atoms with Gasteiger partial charge in [0.05, 0.1) is 6.61 Å². The minimum absolute atomic E-state index is 0. The maximum absolute atomic E-state index is 14.3. The quantitative estimate of drug-likeness (QED) is 0.279. The summed E-state index contributed by atoms with van der Waals surface area (Å²) in [6.07, 6.45) is 3.50. The zero-order chi connectivity index (χ0) is 17.4. The van der Waals surface area contributed by atoms with E-state index in [1.807, 2.05) is 6.92 Å². The summed E-state index contributed by atoms with van der Waals surface area (Å²) in [6, 6.07) is 4.10. The Morgan fingerprint density at radius 1 is 1.20 bits per heavy atom. The van der Waals surface area contributed by atoms with Crippen molar-refractivity contribution in [2.45, 2.75) is 38.0 Å². The summed E-state index contributed by atoms with van der Waals surface area (Å²) >= 11 is 0. The second-order valence-electron chi connectivity index (χ2n) is 6.13. The molecule has 0 bridgehead atoms. The van der Waals surface area contributed by atoms with Crippen LogP contribution in [0.4, 0.5) is 8.78 Å². The molecule has 0 atom stereocenters. The van der Waals surface area contributed by atoms with Gasteiger partial charge in [-0.05, 0) is 31.9 Å². The Morgan fingerprint density at radius 2 is 1.84 bits per heavy atom. The molecule has 0 saturated heterocycles. The Balaban J connectivity index is 0.00000312. The number of hydrogen-bond donors (Lipinski definition) is 2. The highest BCUT2D eigenvalue weighted by atomic mass is 127. The van der Waals surface area contributed by atoms with Gasteiger partial charge in [0.25, 0.3) is 0 Å². The van der Waals surface area contributed by atoms with Crippen LogP contribution in [-0.2, 0) is 10.2 Å². The van der Waals surface area contributed by atoms with E-state index in [0.717, 1.165) is 25.7 Å². The summed E-state index contributed by atoms with van der Waals surface area (Å²) in [5.74, 6) is -0.297. The molecule has 1 aromatic carbocycles. The molecule has 0 spiro atoms. The van der Waals surface area contributed by atoms with Gasteiger partial charge in [0.15, 0.2) is 5.96 Å². The van der Waals surface area contributed by atoms with Gasteiger partial charge in [0.1, 0.15) is 11.6 Å². The molecule has 1 aliphatic carbocycles. The van der Waals surface area contributed by atoms with Crippen molar-refractivity contribution in [3.05, 3.63) is 35.4 Å². The molecule has 0 amide bonds. The first-order chi connectivity index (χ1) is 11.6. The number of guanidine groups is 1. The first kappa shape index (κ1) is 22.1. The van der Waals surface area contributed by atoms with E-state index in [4.69, 9.17) is 4.74 Å². The fraction of sp³-hybridized carbons (Fsp3) is 0.611. The molecule has 0 aromatic heterocycles. The first-order valence-electron chi connectivity index (χ1n) is 8.60. The van der Waals surface area contributed by atoms with E-state index in [2.05, 4.69) is 15.6 Å². The Bertz CT molecular complexity index is 543. The summed E-state index contributed by atoms with van der Waals surface area (Å²) in [6.45, 7) is 4.29. The van der Waals surface area contributed by atoms with Crippen molar-refractivity contribution in [1.29, 1.82) is 0 Å². The molecule has 0 heterocycles. The van der Waals surface area contributed by atoms with Crippen LogP contribution in [0, 0.1) is 11.6 Å². The fourth-order valence-corrected chi connectivity index (χ4v) is 3.43. The number of nitrogens with zero attached hydrogens (tertiary/aromatic N) is 1. The number of halogens is 3. The van der Waals surface area contributed by atoms with E-state index in [1.54, 1.807) is 7.05 Å². The molecule has 0 unspecified atom stereocenters. The van der Waals surface area contributed by atoms with E-state index in [0.29, 0.717) is 32.3 Å². The Labute approximate surface area is 165 Å². The second kappa shape index (κ2) is 10.9. The van der Waals surface area contributed by atoms with E-state index in [1.165, 1.54) is 18.2 Å². The number of aliphatic imine (C=N–C) groups is 1. The van der Waals surface area contributed by atoms with Crippen LogP contribution in [0.5, 0.6) is 0 Å². The lowest BCUT2D eigenvalue weighted by Crippen LogP contribution is -2.46. The maximum Gasteiger partial charge on any atom is 0.191 e. The third-order valence-electron chi connectivity index (χ3n) is 4.61. The number of nitrogens with one attached hydrogen (secondary N) is 2. The van der Waals surface area contributed by atoms with Gasteiger partial charge in [-0.3, -0.25) is 4.99 Å². The van der Waals surface area contributed by atoms with E-state index in [9.17, 15) is 8.78 Å². The molecule has 0 radical (unpaired) electrons. The van der Waals surface area contributed by atoms with E-state index < -0.39 is 17.0 Å². The Hall–Kier alpha value is -0.960. The minimum atomic E-state index is -0.521. The molecule has 25 heavy (non-hydrogen) atoms. The smallest absolute Gasteiger partial charge is 0.191 e. The van der Waals surface area contributed by atoms with Gasteiger partial charge in [-0.15, -0.1) is 24.0 Å². The molecule has 2 N–H and O–H groups in total. The number of ether oxygens (including phenoxy) is 1. The molecular formula is C18H28F2IN3O. The highest BCUT2D eigenvalue weighted by Gasteiger charge is 2.39. The van der Waals surface area contributed by atoms with Gasteiger partial charge in [-0.1, -0.05) is 18.9 Å². The van der Waals surface area contributed by atoms with Crippen molar-refractivity contribution in [2.24, 2.45) is 4.99 Å². The van der Waals surface area contributed by atoms with Crippen molar-refractivity contribution in [3.8, 4) is 0 Å². The monoisotopic (exact) mass is 467 g/mol. The van der Waals surface area contributed by atoms with Crippen LogP contribution < -0.4 is 10.6 Å². The fourth-order valence-electron chi connectivity index (χ4n) is 3.43. The average molecular weight is 467 g/mol. The molecule has 4 nitrogen and oxygen atoms in total. The van der Waals surface area contributed by atoms with E-state index in [-0.39, 0.29) is 29.5 Å². The molecule has 142 valence electrons. The summed E-state index contributed by atoms with van der Waals surface area (Å²) in [5, 5.41) is 6.38. The maximum atomic E-state index is 14.3. The lowest BCUT2D eigenvalue weighted by molar-refractivity contribution is 0.152. The van der Waals surface area contributed by atoms with Crippen molar-refractivity contribution >= 4 is 29.9 Å². The number of hydrogen-bond acceptors (Lipinski definition) is 2. The summed E-state index contributed by atoms with van der Waals surface area (Å²) in [5.41, 5.74) is -0.313. The van der Waals surface area contributed by atoms with Gasteiger partial charge in [0, 0.05) is 37.7 Å². The number of rotatable bonds is 7. The lowest BCUT2D eigenvalue weighted by atomic mass is 9.78. The van der Waals surface area contributed by atoms with Crippen LogP contribution >= 0.6 is 24.0 Å². The molecule has 7 heteroatoms. The van der Waals surface area contributed by atoms with Crippen LogP contribution in [0.2, 0.25) is 0 Å². The van der Waals surface area contributed by atoms with Crippen LogP contribution in [-0.4, -0.2) is 39.3 Å². The van der Waals surface area contributed by atoms with Gasteiger partial charge in [0.2, 0.25) is 0 Å². The molecule has 1 fully saturated rings. The van der Waals surface area contributed by atoms with Crippen LogP contribution in [0.1, 0.15) is 38.2 Å². The predicted molar refractivity (Wildman–Crippen MR) is 108 cm³/mol. The first-order valence-corrected chi connectivity index (χ1v) is 8.60. The molecule has 2 rings (SSSR count). The largest absolute Gasteiger partial charge is 0.380 e. The van der Waals surface area contributed by atoms with Gasteiger partial charge in [-0.25, -0.2) is 8.78 Å². The van der Waals surface area contributed by atoms with Gasteiger partial charge >= 0.3 is 0 Å². The van der Waals surface area contributed by atoms with Crippen molar-refractivity contribution in [2.75, 3.05) is 33.4 Å². The third-order valence-corrected chi connectivity index (χ3v) is 4.61.